The highest BCUT2D eigenvalue weighted by Gasteiger charge is 2.16. The number of carbonyl (C=O) groups excluding carboxylic acids is 1. The van der Waals surface area contributed by atoms with Crippen LogP contribution in [0.2, 0.25) is 0 Å². The van der Waals surface area contributed by atoms with E-state index in [9.17, 15) is 4.79 Å². The van der Waals surface area contributed by atoms with Crippen LogP contribution in [0.15, 0.2) is 30.8 Å². The maximum Gasteiger partial charge on any atom is 0.224 e. The van der Waals surface area contributed by atoms with Crippen LogP contribution < -0.4 is 5.73 Å². The molecule has 2 N–H and O–H groups in total. The van der Waals surface area contributed by atoms with Gasteiger partial charge in [0.1, 0.15) is 0 Å². The Morgan fingerprint density at radius 2 is 2.21 bits per heavy atom. The number of hydrogen-bond donors (Lipinski definition) is 1. The van der Waals surface area contributed by atoms with Crippen molar-refractivity contribution < 1.29 is 4.79 Å². The van der Waals surface area contributed by atoms with E-state index in [1.165, 1.54) is 0 Å². The minimum absolute atomic E-state index is 0.204. The molecule has 0 aromatic heterocycles. The molecule has 0 fully saturated rings. The van der Waals surface area contributed by atoms with Crippen molar-refractivity contribution in [2.24, 2.45) is 5.73 Å². The van der Waals surface area contributed by atoms with Crippen molar-refractivity contribution in [3.8, 4) is 0 Å². The van der Waals surface area contributed by atoms with E-state index in [-0.39, 0.29) is 11.8 Å². The summed E-state index contributed by atoms with van der Waals surface area (Å²) in [6.07, 6.45) is 2.47. The summed E-state index contributed by atoms with van der Waals surface area (Å²) in [5.74, 6) is -0.481. The van der Waals surface area contributed by atoms with Crippen molar-refractivity contribution in [1.29, 1.82) is 0 Å². The smallest absolute Gasteiger partial charge is 0.224 e. The van der Waals surface area contributed by atoms with E-state index in [0.29, 0.717) is 0 Å². The van der Waals surface area contributed by atoms with E-state index in [4.69, 9.17) is 5.73 Å². The normalized spacial score (nSPS) is 12.1. The fraction of sp³-hybridized carbons (Fsp3) is 0.250. The lowest BCUT2D eigenvalue weighted by Gasteiger charge is -2.13. The van der Waals surface area contributed by atoms with Crippen LogP contribution in [-0.4, -0.2) is 5.91 Å². The number of nitrogens with two attached hydrogens (primary N) is 1. The zero-order valence-electron chi connectivity index (χ0n) is 8.36. The van der Waals surface area contributed by atoms with E-state index >= 15 is 0 Å². The van der Waals surface area contributed by atoms with Gasteiger partial charge < -0.3 is 5.73 Å². The zero-order valence-corrected chi connectivity index (χ0v) is 8.36. The quantitative estimate of drug-likeness (QED) is 0.776. The number of amides is 1. The first kappa shape index (κ1) is 10.5. The highest BCUT2D eigenvalue weighted by atomic mass is 16.1. The Bertz CT molecular complexity index is 344. The second kappa shape index (κ2) is 4.61. The number of benzene rings is 1. The summed E-state index contributed by atoms with van der Waals surface area (Å²) in [6, 6.07) is 7.70. The van der Waals surface area contributed by atoms with Crippen LogP contribution in [0.4, 0.5) is 0 Å². The van der Waals surface area contributed by atoms with E-state index in [2.05, 4.69) is 6.58 Å². The molecule has 1 rings (SSSR count). The number of carbonyl (C=O) groups is 1. The van der Waals surface area contributed by atoms with E-state index < -0.39 is 0 Å². The first-order valence-corrected chi connectivity index (χ1v) is 4.71. The molecule has 2 heteroatoms. The summed E-state index contributed by atoms with van der Waals surface area (Å²) in [7, 11) is 0. The van der Waals surface area contributed by atoms with Gasteiger partial charge in [0.25, 0.3) is 0 Å². The van der Waals surface area contributed by atoms with Gasteiger partial charge in [-0.15, -0.1) is 0 Å². The number of primary amides is 1. The van der Waals surface area contributed by atoms with Crippen LogP contribution in [0, 0.1) is 0 Å². The average molecular weight is 189 g/mol. The molecule has 2 nitrogen and oxygen atoms in total. The Morgan fingerprint density at radius 3 is 2.71 bits per heavy atom. The molecule has 74 valence electrons. The molecule has 14 heavy (non-hydrogen) atoms. The highest BCUT2D eigenvalue weighted by Crippen LogP contribution is 2.23. The van der Waals surface area contributed by atoms with Crippen molar-refractivity contribution in [2.75, 3.05) is 0 Å². The SMILES string of the molecule is C=Cc1ccccc1C(CC)C(N)=O. The summed E-state index contributed by atoms with van der Waals surface area (Å²) >= 11 is 0. The highest BCUT2D eigenvalue weighted by molar-refractivity contribution is 5.83. The van der Waals surface area contributed by atoms with Crippen molar-refractivity contribution in [1.82, 2.24) is 0 Å². The lowest BCUT2D eigenvalue weighted by molar-refractivity contribution is -0.119. The lowest BCUT2D eigenvalue weighted by Crippen LogP contribution is -2.21. The molecule has 1 atom stereocenters. The molecule has 1 unspecified atom stereocenters. The van der Waals surface area contributed by atoms with E-state index in [1.807, 2.05) is 31.2 Å². The van der Waals surface area contributed by atoms with Gasteiger partial charge in [-0.3, -0.25) is 4.79 Å². The maximum atomic E-state index is 11.2. The average Bonchev–Trinajstić information content (AvgIpc) is 2.19. The standard InChI is InChI=1S/C12H15NO/c1-3-9-7-5-6-8-11(9)10(4-2)12(13)14/h3,5-8,10H,1,4H2,2H3,(H2,13,14). The molecule has 0 aliphatic carbocycles. The van der Waals surface area contributed by atoms with Crippen LogP contribution in [0.3, 0.4) is 0 Å². The van der Waals surface area contributed by atoms with Gasteiger partial charge in [0.15, 0.2) is 0 Å². The first-order chi connectivity index (χ1) is 6.70. The van der Waals surface area contributed by atoms with Gasteiger partial charge in [0, 0.05) is 0 Å². The van der Waals surface area contributed by atoms with Gasteiger partial charge in [-0.25, -0.2) is 0 Å². The second-order valence-electron chi connectivity index (χ2n) is 3.20. The predicted molar refractivity (Wildman–Crippen MR) is 58.8 cm³/mol. The summed E-state index contributed by atoms with van der Waals surface area (Å²) in [5, 5.41) is 0. The molecule has 0 saturated heterocycles. The molecule has 0 heterocycles. The minimum atomic E-state index is -0.276. The van der Waals surface area contributed by atoms with Crippen molar-refractivity contribution in [3.05, 3.63) is 42.0 Å². The van der Waals surface area contributed by atoms with Gasteiger partial charge in [0.05, 0.1) is 5.92 Å². The first-order valence-electron chi connectivity index (χ1n) is 4.71. The third-order valence-electron chi connectivity index (χ3n) is 2.34. The molecule has 0 spiro atoms. The van der Waals surface area contributed by atoms with Gasteiger partial charge in [-0.1, -0.05) is 43.8 Å². The van der Waals surface area contributed by atoms with Crippen LogP contribution >= 0.6 is 0 Å². The third kappa shape index (κ3) is 2.02. The van der Waals surface area contributed by atoms with E-state index in [1.54, 1.807) is 6.08 Å². The molecule has 0 bridgehead atoms. The summed E-state index contributed by atoms with van der Waals surface area (Å²) < 4.78 is 0. The van der Waals surface area contributed by atoms with Crippen LogP contribution in [-0.2, 0) is 4.79 Å². The van der Waals surface area contributed by atoms with Crippen molar-refractivity contribution in [2.45, 2.75) is 19.3 Å². The van der Waals surface area contributed by atoms with E-state index in [0.717, 1.165) is 17.5 Å². The molecule has 0 radical (unpaired) electrons. The molecule has 1 aromatic carbocycles. The second-order valence-corrected chi connectivity index (χ2v) is 3.20. The topological polar surface area (TPSA) is 43.1 Å². The Balaban J connectivity index is 3.15. The molecule has 1 aromatic rings. The van der Waals surface area contributed by atoms with Crippen molar-refractivity contribution >= 4 is 12.0 Å². The third-order valence-corrected chi connectivity index (χ3v) is 2.34. The number of hydrogen-bond acceptors (Lipinski definition) is 1. The predicted octanol–water partition coefficient (Wildman–Crippen LogP) is 2.31. The molecule has 0 aliphatic heterocycles. The number of rotatable bonds is 4. The lowest BCUT2D eigenvalue weighted by atomic mass is 9.91. The van der Waals surface area contributed by atoms with Crippen LogP contribution in [0.1, 0.15) is 30.4 Å². The Kier molecular flexibility index (Phi) is 3.46. The van der Waals surface area contributed by atoms with Gasteiger partial charge in [0.2, 0.25) is 5.91 Å². The fourth-order valence-electron chi connectivity index (χ4n) is 1.59. The molecular weight excluding hydrogens is 174 g/mol. The van der Waals surface area contributed by atoms with Gasteiger partial charge in [-0.05, 0) is 17.5 Å². The van der Waals surface area contributed by atoms with Gasteiger partial charge >= 0.3 is 0 Å². The zero-order chi connectivity index (χ0) is 10.6. The Hall–Kier alpha value is -1.57. The van der Waals surface area contributed by atoms with Crippen LogP contribution in [0.5, 0.6) is 0 Å². The molecule has 1 amide bonds. The summed E-state index contributed by atoms with van der Waals surface area (Å²) in [6.45, 7) is 5.67. The summed E-state index contributed by atoms with van der Waals surface area (Å²) in [5.41, 5.74) is 7.28. The minimum Gasteiger partial charge on any atom is -0.369 e. The summed E-state index contributed by atoms with van der Waals surface area (Å²) in [4.78, 5) is 11.2. The largest absolute Gasteiger partial charge is 0.369 e. The fourth-order valence-corrected chi connectivity index (χ4v) is 1.59. The molecule has 0 saturated carbocycles. The molecular formula is C12H15NO. The van der Waals surface area contributed by atoms with Crippen molar-refractivity contribution in [3.63, 3.8) is 0 Å². The maximum absolute atomic E-state index is 11.2. The van der Waals surface area contributed by atoms with Crippen LogP contribution in [0.25, 0.3) is 6.08 Å². The Labute approximate surface area is 84.4 Å². The van der Waals surface area contributed by atoms with Gasteiger partial charge in [-0.2, -0.15) is 0 Å². The molecule has 0 aliphatic rings. The monoisotopic (exact) mass is 189 g/mol. The Morgan fingerprint density at radius 1 is 1.57 bits per heavy atom.